The maximum atomic E-state index is 6.16. The number of nitrogens with one attached hydrogen (secondary N) is 1. The fourth-order valence-corrected chi connectivity index (χ4v) is 3.50. The van der Waals surface area contributed by atoms with Gasteiger partial charge >= 0.3 is 0 Å². The first-order chi connectivity index (χ1) is 11.0. The van der Waals surface area contributed by atoms with Crippen molar-refractivity contribution in [3.63, 3.8) is 0 Å². The highest BCUT2D eigenvalue weighted by Gasteiger charge is 2.09. The van der Waals surface area contributed by atoms with Crippen molar-refractivity contribution >= 4 is 23.7 Å². The van der Waals surface area contributed by atoms with Crippen molar-refractivity contribution in [2.45, 2.75) is 23.3 Å². The van der Waals surface area contributed by atoms with E-state index in [-0.39, 0.29) is 0 Å². The molecular formula is C18H24N2OS2. The zero-order valence-corrected chi connectivity index (χ0v) is 16.0. The van der Waals surface area contributed by atoms with Gasteiger partial charge in [0.2, 0.25) is 0 Å². The summed E-state index contributed by atoms with van der Waals surface area (Å²) in [6.07, 6.45) is 2.09. The Balaban J connectivity index is 2.28. The standard InChI is InChI=1S/C18H24N2OS2/c1-13-10-15(6-9-18(13)22-5)21-17-8-7-16(23-19-2)11-14(17)12-20(3)4/h6-11,19H,12H2,1-5H3. The predicted octanol–water partition coefficient (Wildman–Crippen LogP) is 4.80. The Morgan fingerprint density at radius 2 is 1.91 bits per heavy atom. The lowest BCUT2D eigenvalue weighted by Gasteiger charge is -2.16. The largest absolute Gasteiger partial charge is 0.457 e. The first kappa shape index (κ1) is 18.2. The van der Waals surface area contributed by atoms with Crippen LogP contribution < -0.4 is 9.46 Å². The molecule has 2 rings (SSSR count). The SMILES string of the molecule is CNSc1ccc(Oc2ccc(SC)c(C)c2)c(CN(C)C)c1. The molecule has 0 saturated carbocycles. The molecule has 0 spiro atoms. The first-order valence-corrected chi connectivity index (χ1v) is 9.51. The van der Waals surface area contributed by atoms with Gasteiger partial charge in [-0.3, -0.25) is 4.72 Å². The number of nitrogens with zero attached hydrogens (tertiary/aromatic N) is 1. The van der Waals surface area contributed by atoms with Crippen LogP contribution in [0.5, 0.6) is 11.5 Å². The molecule has 5 heteroatoms. The second kappa shape index (κ2) is 8.64. The van der Waals surface area contributed by atoms with E-state index in [0.717, 1.165) is 18.0 Å². The second-order valence-electron chi connectivity index (χ2n) is 5.55. The molecule has 0 unspecified atom stereocenters. The number of ether oxygens (including phenoxy) is 1. The van der Waals surface area contributed by atoms with E-state index in [1.165, 1.54) is 20.9 Å². The van der Waals surface area contributed by atoms with E-state index >= 15 is 0 Å². The average molecular weight is 349 g/mol. The molecule has 23 heavy (non-hydrogen) atoms. The van der Waals surface area contributed by atoms with Crippen molar-refractivity contribution in [2.75, 3.05) is 27.4 Å². The Hall–Kier alpha value is -1.14. The van der Waals surface area contributed by atoms with Gasteiger partial charge in [0.25, 0.3) is 0 Å². The Morgan fingerprint density at radius 3 is 2.52 bits per heavy atom. The van der Waals surface area contributed by atoms with Crippen molar-refractivity contribution < 1.29 is 4.74 Å². The number of benzene rings is 2. The van der Waals surface area contributed by atoms with Crippen LogP contribution >= 0.6 is 23.7 Å². The monoisotopic (exact) mass is 348 g/mol. The molecule has 0 amide bonds. The van der Waals surface area contributed by atoms with E-state index < -0.39 is 0 Å². The highest BCUT2D eigenvalue weighted by Crippen LogP contribution is 2.31. The molecule has 124 valence electrons. The van der Waals surface area contributed by atoms with Gasteiger partial charge in [-0.25, -0.2) is 0 Å². The summed E-state index contributed by atoms with van der Waals surface area (Å²) < 4.78 is 9.27. The molecule has 1 N–H and O–H groups in total. The van der Waals surface area contributed by atoms with Crippen molar-refractivity contribution in [2.24, 2.45) is 0 Å². The minimum absolute atomic E-state index is 0.843. The highest BCUT2D eigenvalue weighted by atomic mass is 32.2. The number of hydrogen-bond acceptors (Lipinski definition) is 5. The van der Waals surface area contributed by atoms with Crippen molar-refractivity contribution in [3.05, 3.63) is 47.5 Å². The molecule has 0 bridgehead atoms. The van der Waals surface area contributed by atoms with Gasteiger partial charge in [-0.05, 0) is 88.2 Å². The number of aryl methyl sites for hydroxylation is 1. The van der Waals surface area contributed by atoms with E-state index in [1.54, 1.807) is 23.7 Å². The lowest BCUT2D eigenvalue weighted by Crippen LogP contribution is -2.11. The van der Waals surface area contributed by atoms with Gasteiger partial charge in [0, 0.05) is 21.9 Å². The summed E-state index contributed by atoms with van der Waals surface area (Å²) in [5.41, 5.74) is 2.42. The first-order valence-electron chi connectivity index (χ1n) is 7.47. The molecule has 3 nitrogen and oxygen atoms in total. The molecule has 0 aliphatic heterocycles. The van der Waals surface area contributed by atoms with Crippen LogP contribution in [0.3, 0.4) is 0 Å². The van der Waals surface area contributed by atoms with Gasteiger partial charge in [-0.2, -0.15) is 0 Å². The minimum Gasteiger partial charge on any atom is -0.457 e. The van der Waals surface area contributed by atoms with Crippen LogP contribution in [-0.4, -0.2) is 32.3 Å². The molecule has 0 radical (unpaired) electrons. The van der Waals surface area contributed by atoms with E-state index in [9.17, 15) is 0 Å². The Labute approximate surface area is 147 Å². The third-order valence-electron chi connectivity index (χ3n) is 3.33. The van der Waals surface area contributed by atoms with E-state index in [0.29, 0.717) is 0 Å². The molecule has 0 aliphatic rings. The average Bonchev–Trinajstić information content (AvgIpc) is 2.50. The van der Waals surface area contributed by atoms with Crippen LogP contribution in [0.1, 0.15) is 11.1 Å². The smallest absolute Gasteiger partial charge is 0.132 e. The Morgan fingerprint density at radius 1 is 1.13 bits per heavy atom. The van der Waals surface area contributed by atoms with Gasteiger partial charge < -0.3 is 9.64 Å². The summed E-state index contributed by atoms with van der Waals surface area (Å²) >= 11 is 3.37. The fraction of sp³-hybridized carbons (Fsp3) is 0.333. The summed E-state index contributed by atoms with van der Waals surface area (Å²) in [5, 5.41) is 0. The van der Waals surface area contributed by atoms with Crippen molar-refractivity contribution in [1.82, 2.24) is 9.62 Å². The van der Waals surface area contributed by atoms with Gasteiger partial charge in [-0.15, -0.1) is 11.8 Å². The summed E-state index contributed by atoms with van der Waals surface area (Å²) in [7, 11) is 6.06. The molecule has 2 aromatic rings. The topological polar surface area (TPSA) is 24.5 Å². The van der Waals surface area contributed by atoms with E-state index in [2.05, 4.69) is 67.2 Å². The van der Waals surface area contributed by atoms with Crippen LogP contribution in [0, 0.1) is 6.92 Å². The highest BCUT2D eigenvalue weighted by molar-refractivity contribution is 7.98. The summed E-state index contributed by atoms with van der Waals surface area (Å²) in [6, 6.07) is 12.6. The quantitative estimate of drug-likeness (QED) is 0.572. The molecule has 2 aromatic carbocycles. The van der Waals surface area contributed by atoms with Crippen LogP contribution in [0.4, 0.5) is 0 Å². The Kier molecular flexibility index (Phi) is 6.84. The third kappa shape index (κ3) is 5.18. The van der Waals surface area contributed by atoms with Gasteiger partial charge in [0.15, 0.2) is 0 Å². The molecule has 0 aromatic heterocycles. The zero-order chi connectivity index (χ0) is 16.8. The molecule has 0 fully saturated rings. The van der Waals surface area contributed by atoms with Gasteiger partial charge in [0.05, 0.1) is 0 Å². The zero-order valence-electron chi connectivity index (χ0n) is 14.3. The normalized spacial score (nSPS) is 11.0. The second-order valence-corrected chi connectivity index (χ2v) is 7.48. The van der Waals surface area contributed by atoms with Crippen molar-refractivity contribution in [3.8, 4) is 11.5 Å². The molecular weight excluding hydrogens is 324 g/mol. The number of thioether (sulfide) groups is 1. The van der Waals surface area contributed by atoms with Gasteiger partial charge in [-0.1, -0.05) is 0 Å². The maximum absolute atomic E-state index is 6.16. The summed E-state index contributed by atoms with van der Waals surface area (Å²) in [6.45, 7) is 2.96. The fourth-order valence-electron chi connectivity index (χ4n) is 2.34. The predicted molar refractivity (Wildman–Crippen MR) is 102 cm³/mol. The van der Waals surface area contributed by atoms with E-state index in [4.69, 9.17) is 4.74 Å². The summed E-state index contributed by atoms with van der Waals surface area (Å²) in [5.74, 6) is 1.80. The number of rotatable bonds is 7. The van der Waals surface area contributed by atoms with Crippen LogP contribution in [0.2, 0.25) is 0 Å². The van der Waals surface area contributed by atoms with Crippen LogP contribution in [0.15, 0.2) is 46.2 Å². The van der Waals surface area contributed by atoms with E-state index in [1.807, 2.05) is 13.1 Å². The molecule has 0 aliphatic carbocycles. The van der Waals surface area contributed by atoms with Crippen LogP contribution in [0.25, 0.3) is 0 Å². The maximum Gasteiger partial charge on any atom is 0.132 e. The number of hydrogen-bond donors (Lipinski definition) is 1. The third-order valence-corrected chi connectivity index (χ3v) is 4.92. The Bertz CT molecular complexity index is 659. The van der Waals surface area contributed by atoms with Crippen LogP contribution in [-0.2, 0) is 6.54 Å². The molecule has 0 saturated heterocycles. The lowest BCUT2D eigenvalue weighted by molar-refractivity contribution is 0.388. The van der Waals surface area contributed by atoms with Crippen molar-refractivity contribution in [1.29, 1.82) is 0 Å². The lowest BCUT2D eigenvalue weighted by atomic mass is 10.2. The minimum atomic E-state index is 0.843. The summed E-state index contributed by atoms with van der Waals surface area (Å²) in [4.78, 5) is 4.62. The van der Waals surface area contributed by atoms with Gasteiger partial charge in [0.1, 0.15) is 11.5 Å². The molecule has 0 heterocycles. The molecule has 0 atom stereocenters.